The van der Waals surface area contributed by atoms with E-state index in [1.54, 1.807) is 4.57 Å². The molecule has 5 heterocycles. The first-order valence-corrected chi connectivity index (χ1v) is 46.6. The zero-order chi connectivity index (χ0) is 96.1. The van der Waals surface area contributed by atoms with Gasteiger partial charge in [-0.2, -0.15) is 0 Å². The Bertz CT molecular complexity index is 8750. The van der Waals surface area contributed by atoms with Crippen LogP contribution in [0.3, 0.4) is 0 Å². The van der Waals surface area contributed by atoms with Crippen molar-refractivity contribution in [3.05, 3.63) is 476 Å². The second-order valence-electron chi connectivity index (χ2n) is 38.7. The van der Waals surface area contributed by atoms with E-state index in [1.807, 2.05) is 0 Å². The summed E-state index contributed by atoms with van der Waals surface area (Å²) in [5.41, 5.74) is 38.6. The van der Waals surface area contributed by atoms with Crippen LogP contribution in [-0.2, 0) is 16.2 Å². The van der Waals surface area contributed by atoms with Gasteiger partial charge in [0.25, 0.3) is 13.4 Å². The largest absolute Gasteiger partial charge is 0.311 e. The number of benzene rings is 20. The van der Waals surface area contributed by atoms with Crippen molar-refractivity contribution >= 4 is 147 Å². The van der Waals surface area contributed by atoms with Crippen molar-refractivity contribution in [1.82, 2.24) is 4.57 Å². The molecule has 1 aromatic heterocycles. The number of nitrogens with zero attached hydrogens (tertiary/aromatic N) is 5. The third-order valence-corrected chi connectivity index (χ3v) is 29.4. The van der Waals surface area contributed by atoms with Crippen molar-refractivity contribution in [2.45, 2.75) is 57.8 Å². The quantitative estimate of drug-likeness (QED) is 0.127. The van der Waals surface area contributed by atoms with E-state index in [4.69, 9.17) is 0 Å². The summed E-state index contributed by atoms with van der Waals surface area (Å²) in [6, 6.07) is 142. The lowest BCUT2D eigenvalue weighted by atomic mass is 9.30. The van der Waals surface area contributed by atoms with E-state index < -0.39 is 72.6 Å². The summed E-state index contributed by atoms with van der Waals surface area (Å²) < 4.78 is 81.4. The summed E-state index contributed by atoms with van der Waals surface area (Å²) in [5, 5.41) is 2.11. The van der Waals surface area contributed by atoms with E-state index in [2.05, 4.69) is 455 Å². The number of rotatable bonds is 10. The van der Waals surface area contributed by atoms with Gasteiger partial charge in [0.15, 0.2) is 0 Å². The lowest BCUT2D eigenvalue weighted by Crippen LogP contribution is -2.65. The van der Waals surface area contributed by atoms with Gasteiger partial charge in [0, 0.05) is 89.6 Å². The van der Waals surface area contributed by atoms with E-state index in [-0.39, 0.29) is 27.2 Å². The second kappa shape index (κ2) is 29.4. The third-order valence-electron chi connectivity index (χ3n) is 29.4. The molecule has 134 heavy (non-hydrogen) atoms. The first-order valence-electron chi connectivity index (χ1n) is 50.6. The van der Waals surface area contributed by atoms with Crippen molar-refractivity contribution in [2.75, 3.05) is 19.6 Å². The van der Waals surface area contributed by atoms with E-state index in [9.17, 15) is 11.0 Å². The van der Waals surface area contributed by atoms with E-state index >= 15 is 0 Å². The summed E-state index contributed by atoms with van der Waals surface area (Å²) in [4.78, 5) is 10.1. The van der Waals surface area contributed by atoms with Crippen molar-refractivity contribution < 1.29 is 11.0 Å². The summed E-state index contributed by atoms with van der Waals surface area (Å²) in [6.07, 6.45) is 0. The molecule has 1 spiro atoms. The van der Waals surface area contributed by atoms with E-state index in [0.717, 1.165) is 179 Å². The molecule has 0 saturated carbocycles. The van der Waals surface area contributed by atoms with Crippen LogP contribution in [0.2, 0.25) is 0 Å². The molecule has 20 aromatic carbocycles. The van der Waals surface area contributed by atoms with Crippen LogP contribution < -0.4 is 52.4 Å². The average molecular weight is 1720 g/mol. The predicted octanol–water partition coefficient (Wildman–Crippen LogP) is 29.4. The number of aromatic nitrogens is 1. The van der Waals surface area contributed by atoms with Gasteiger partial charge in [-0.1, -0.05) is 381 Å². The Labute approximate surface area is 794 Å². The van der Waals surface area contributed by atoms with Crippen molar-refractivity contribution in [2.24, 2.45) is 0 Å². The maximum absolute atomic E-state index is 10.4. The van der Waals surface area contributed by atoms with Gasteiger partial charge in [-0.15, -0.1) is 0 Å². The van der Waals surface area contributed by atoms with E-state index in [1.165, 1.54) is 44.5 Å². The summed E-state index contributed by atoms with van der Waals surface area (Å²) in [7, 11) is 0. The van der Waals surface area contributed by atoms with Crippen molar-refractivity contribution in [3.63, 3.8) is 0 Å². The fourth-order valence-electron chi connectivity index (χ4n) is 23.7. The summed E-state index contributed by atoms with van der Waals surface area (Å²) >= 11 is 0. The summed E-state index contributed by atoms with van der Waals surface area (Å²) in [5.74, 6) is 0. The Hall–Kier alpha value is -16.2. The smallest absolute Gasteiger partial charge is 0.252 e. The number of hydrogen-bond acceptors (Lipinski definition) is 4. The van der Waals surface area contributed by atoms with Crippen LogP contribution in [0.15, 0.2) is 443 Å². The number of para-hydroxylation sites is 6. The van der Waals surface area contributed by atoms with Crippen LogP contribution >= 0.6 is 0 Å². The molecule has 630 valence electrons. The lowest BCUT2D eigenvalue weighted by molar-refractivity contribution is 0.590. The van der Waals surface area contributed by atoms with Crippen molar-refractivity contribution in [3.8, 4) is 83.6 Å². The van der Waals surface area contributed by atoms with Crippen LogP contribution in [0.1, 0.15) is 85.9 Å². The minimum absolute atomic E-state index is 0.00699. The highest BCUT2D eigenvalue weighted by molar-refractivity contribution is 7.03. The molecule has 21 aromatic rings. The Balaban J connectivity index is 0.820. The Kier molecular flexibility index (Phi) is 15.3. The Morgan fingerprint density at radius 2 is 0.627 bits per heavy atom. The first kappa shape index (κ1) is 69.7. The van der Waals surface area contributed by atoms with Gasteiger partial charge in [0.2, 0.25) is 0 Å². The molecule has 0 bridgehead atoms. The molecule has 0 fully saturated rings. The first-order chi connectivity index (χ1) is 69.1. The molecule has 27 rings (SSSR count). The normalized spacial score (nSPS) is 14.6. The summed E-state index contributed by atoms with van der Waals surface area (Å²) in [6.45, 7) is 12.6. The highest BCUT2D eigenvalue weighted by atomic mass is 15.2. The van der Waals surface area contributed by atoms with Crippen LogP contribution in [-0.4, -0.2) is 18.0 Å². The van der Waals surface area contributed by atoms with Crippen LogP contribution in [0.25, 0.3) is 116 Å². The standard InChI is InChI=1S/C127H91B2N5/c1-125(2,3)86-72-99(80-40-13-7-14-41-80)122(100(73-86)81-42-15-8-16-43-81)133-113-67-38-34-63-107(113)128-109-78-108-114(79-115(109)134(118-77-90(76-117(133)120(118)128)131-110-64-35-28-55-96(110)97-56-29-36-65-111(97)131)123-101(82-44-17-9-18-45-82)74-87(126(4,5)6)75-102(123)83-46-19-10-20-47-83)130(88-48-21-11-22-49-88)116-71-85-70-84(68-69-92(85)124-121(116)129(108)106-62-33-37-66-112(106)132(124)89-50-23-12-24-51-89)91-57-39-58-98-95-54-27-32-61-105(95)127(119(91)98)103-59-30-25-52-93(103)94-53-26-31-60-104(94)127/h7-79H,1-6H3/i28D,29D,35D,36D,55D,56D,64D,65D. The van der Waals surface area contributed by atoms with Crippen molar-refractivity contribution in [1.29, 1.82) is 0 Å². The average Bonchev–Trinajstić information content (AvgIpc) is 0.879. The minimum Gasteiger partial charge on any atom is -0.311 e. The Morgan fingerprint density at radius 1 is 0.246 bits per heavy atom. The molecule has 0 N–H and O–H groups in total. The van der Waals surface area contributed by atoms with Gasteiger partial charge in [0.1, 0.15) is 0 Å². The second-order valence-corrected chi connectivity index (χ2v) is 38.7. The predicted molar refractivity (Wildman–Crippen MR) is 567 cm³/mol. The molecule has 0 saturated heterocycles. The maximum atomic E-state index is 10.4. The molecule has 4 aliphatic heterocycles. The molecule has 7 heteroatoms. The van der Waals surface area contributed by atoms with Gasteiger partial charge in [-0.05, 0) is 241 Å². The maximum Gasteiger partial charge on any atom is 0.252 e. The molecule has 0 unspecified atom stereocenters. The highest BCUT2D eigenvalue weighted by Crippen LogP contribution is 2.66. The lowest BCUT2D eigenvalue weighted by Gasteiger charge is -2.48. The van der Waals surface area contributed by atoms with Crippen LogP contribution in [0, 0.1) is 0 Å². The SMILES string of the molecule is [2H]c1c([2H])c([2H])c2c(c1[2H])c1c([2H])c([2H])c([2H])c([2H])c1n2-c1cc2c3c(c1)N(c1c(-c4ccccc4)cc(C(C)(C)C)cc1-c1ccccc1)c1cc4c(cc1B3c1ccccc1N2c1c(-c2ccccc2)cc(C(C)(C)C)cc1-c1ccccc1)B1c2ccccc2N(c2ccccc2)c2c1c(cc1cc(-c3cccc5c3C3(c6ccccc6-c6ccccc63)c3ccccc3-5)ccc21)N4c1ccccc1. The fourth-order valence-corrected chi connectivity index (χ4v) is 23.7. The van der Waals surface area contributed by atoms with Gasteiger partial charge in [0.05, 0.1) is 50.2 Å². The number of hydrogen-bond donors (Lipinski definition) is 0. The molecular formula is C127H91B2N5. The van der Waals surface area contributed by atoms with Gasteiger partial charge in [-0.3, -0.25) is 0 Å². The monoisotopic (exact) mass is 1720 g/mol. The molecule has 0 atom stereocenters. The molecule has 0 amide bonds. The molecule has 0 radical (unpaired) electrons. The molecular weight excluding hydrogens is 1620 g/mol. The minimum atomic E-state index is -0.634. The van der Waals surface area contributed by atoms with Gasteiger partial charge in [-0.25, -0.2) is 0 Å². The molecule has 5 nitrogen and oxygen atoms in total. The zero-order valence-electron chi connectivity index (χ0n) is 82.9. The van der Waals surface area contributed by atoms with Gasteiger partial charge >= 0.3 is 0 Å². The Morgan fingerprint density at radius 3 is 1.11 bits per heavy atom. The van der Waals surface area contributed by atoms with E-state index in [0.29, 0.717) is 5.69 Å². The highest BCUT2D eigenvalue weighted by Gasteiger charge is 2.55. The third kappa shape index (κ3) is 11.3. The number of anilines is 12. The van der Waals surface area contributed by atoms with Crippen LogP contribution in [0.4, 0.5) is 68.2 Å². The van der Waals surface area contributed by atoms with Gasteiger partial charge < -0.3 is 24.2 Å². The molecule has 2 aliphatic carbocycles. The van der Waals surface area contributed by atoms with Crippen LogP contribution in [0.5, 0.6) is 0 Å². The zero-order valence-corrected chi connectivity index (χ0v) is 74.9. The topological polar surface area (TPSA) is 17.9 Å². The number of fused-ring (bicyclic) bond motifs is 23. The molecule has 6 aliphatic rings. The fraction of sp³-hybridized carbons (Fsp3) is 0.0709.